The lowest BCUT2D eigenvalue weighted by molar-refractivity contribution is 0.447. The Hall–Kier alpha value is -4.94. The first-order valence-electron chi connectivity index (χ1n) is 17.3. The fraction of sp³-hybridized carbons (Fsp3) is 0.182. The van der Waals surface area contributed by atoms with E-state index in [1.807, 2.05) is 12.1 Å². The van der Waals surface area contributed by atoms with Gasteiger partial charge in [0.2, 0.25) is 0 Å². The van der Waals surface area contributed by atoms with Gasteiger partial charge in [-0.3, -0.25) is 0 Å². The average Bonchev–Trinajstić information content (AvgIpc) is 3.13. The van der Waals surface area contributed by atoms with E-state index in [-0.39, 0.29) is 33.6 Å². The van der Waals surface area contributed by atoms with E-state index in [1.54, 1.807) is 39.8 Å². The maximum Gasteiger partial charge on any atom is 0.194 e. The summed E-state index contributed by atoms with van der Waals surface area (Å²) in [5.41, 5.74) is 38.5. The minimum atomic E-state index is -1.59. The molecule has 0 bridgehead atoms. The number of halogens is 8. The maximum atomic E-state index is 14.0. The lowest BCUT2D eigenvalue weighted by atomic mass is 9.84. The summed E-state index contributed by atoms with van der Waals surface area (Å²) in [6, 6.07) is 10.8. The summed E-state index contributed by atoms with van der Waals surface area (Å²) in [6.07, 6.45) is 0. The lowest BCUT2D eigenvalue weighted by Gasteiger charge is -2.23. The number of hydrogen-bond acceptors (Lipinski definition) is 4. The molecule has 0 aromatic heterocycles. The van der Waals surface area contributed by atoms with Crippen molar-refractivity contribution in [2.45, 2.75) is 55.4 Å². The van der Waals surface area contributed by atoms with Gasteiger partial charge in [0, 0.05) is 53.7 Å². The van der Waals surface area contributed by atoms with Gasteiger partial charge in [0.25, 0.3) is 0 Å². The van der Waals surface area contributed by atoms with Gasteiger partial charge < -0.3 is 22.9 Å². The molecule has 0 aliphatic heterocycles. The van der Waals surface area contributed by atoms with E-state index in [4.69, 9.17) is 22.9 Å². The van der Waals surface area contributed by atoms with Crippen LogP contribution in [-0.2, 0) is 0 Å². The van der Waals surface area contributed by atoms with Crippen molar-refractivity contribution < 1.29 is 26.3 Å². The Morgan fingerprint density at radius 3 is 0.857 bits per heavy atom. The molecule has 0 spiro atoms. The second-order valence-electron chi connectivity index (χ2n) is 14.0. The van der Waals surface area contributed by atoms with Crippen molar-refractivity contribution in [3.63, 3.8) is 0 Å². The molecule has 0 unspecified atom stereocenters. The third-order valence-electron chi connectivity index (χ3n) is 10.5. The normalized spacial score (nSPS) is 11.1. The lowest BCUT2D eigenvalue weighted by Crippen LogP contribution is -2.06. The molecule has 292 valence electrons. The summed E-state index contributed by atoms with van der Waals surface area (Å²) in [5.74, 6) is -8.64. The molecule has 0 aliphatic rings. The molecule has 0 heterocycles. The summed E-state index contributed by atoms with van der Waals surface area (Å²) in [4.78, 5) is 0. The molecule has 0 saturated heterocycles. The van der Waals surface area contributed by atoms with Gasteiger partial charge in [-0.2, -0.15) is 0 Å². The van der Waals surface area contributed by atoms with E-state index in [1.165, 1.54) is 11.1 Å². The molecule has 0 amide bonds. The van der Waals surface area contributed by atoms with Crippen molar-refractivity contribution in [3.05, 3.63) is 137 Å². The van der Waals surface area contributed by atoms with Crippen molar-refractivity contribution in [2.75, 3.05) is 22.9 Å². The van der Waals surface area contributed by atoms with Crippen LogP contribution in [0.25, 0.3) is 44.5 Å². The van der Waals surface area contributed by atoms with Crippen molar-refractivity contribution in [3.8, 4) is 44.5 Å². The van der Waals surface area contributed by atoms with Gasteiger partial charge >= 0.3 is 0 Å². The molecule has 0 aliphatic carbocycles. The first-order valence-corrected chi connectivity index (χ1v) is 18.9. The number of hydrogen-bond donors (Lipinski definition) is 4. The monoisotopic (exact) mass is 896 g/mol. The molecule has 0 fully saturated rings. The van der Waals surface area contributed by atoms with Crippen LogP contribution in [0.3, 0.4) is 0 Å². The predicted octanol–water partition coefficient (Wildman–Crippen LogP) is 13.2. The summed E-state index contributed by atoms with van der Waals surface area (Å²) < 4.78 is 85.0. The molecule has 12 heteroatoms. The Balaban J connectivity index is 0.000000253. The van der Waals surface area contributed by atoms with Crippen molar-refractivity contribution in [1.29, 1.82) is 0 Å². The molecule has 6 rings (SSSR count). The largest absolute Gasteiger partial charge is 0.398 e. The van der Waals surface area contributed by atoms with Crippen molar-refractivity contribution in [1.82, 2.24) is 0 Å². The van der Waals surface area contributed by atoms with Crippen LogP contribution in [0.1, 0.15) is 44.5 Å². The number of benzene rings is 6. The van der Waals surface area contributed by atoms with Crippen LogP contribution in [0.15, 0.2) is 57.5 Å². The Labute approximate surface area is 339 Å². The highest BCUT2D eigenvalue weighted by molar-refractivity contribution is 9.11. The molecule has 6 aromatic rings. The third-order valence-corrected chi connectivity index (χ3v) is 11.8. The van der Waals surface area contributed by atoms with Crippen LogP contribution in [0.4, 0.5) is 49.1 Å². The average molecular weight is 899 g/mol. The van der Waals surface area contributed by atoms with E-state index >= 15 is 0 Å². The molecule has 0 atom stereocenters. The van der Waals surface area contributed by atoms with Crippen molar-refractivity contribution >= 4 is 54.6 Å². The number of nitrogens with two attached hydrogens (primary N) is 4. The van der Waals surface area contributed by atoms with E-state index in [0.717, 1.165) is 66.8 Å². The minimum Gasteiger partial charge on any atom is -0.398 e. The molecule has 0 radical (unpaired) electrons. The molecule has 56 heavy (non-hydrogen) atoms. The fourth-order valence-electron chi connectivity index (χ4n) is 6.85. The SMILES string of the molecule is Cc1cc(-c2cc(F)c(F)c(F)c2)c(N)c(-c2c(C)c(C)cc(-c3cc(F)c(F)c(F)c3)c2N)c1C.Cc1cc(Br)c(N)c(-c2c(C)c(C)cc(Br)c2N)c1C. The second-order valence-corrected chi connectivity index (χ2v) is 15.7. The zero-order valence-corrected chi connectivity index (χ0v) is 35.1. The highest BCUT2D eigenvalue weighted by Crippen LogP contribution is 2.47. The standard InChI is InChI=1S/C28H22F6N2.C16H18Br2N2/c1-11-5-17(15-7-19(29)25(33)20(30)8-15)27(35)23(13(11)3)24-14(4)12(2)6-18(28(24)36)16-9-21(31)26(34)22(32)10-16;1-7-5-11(17)15(19)13(9(7)3)14-10(4)8(2)6-12(18)16(14)20/h5-10H,35-36H2,1-4H3;5-6H,19-20H2,1-4H3. The Kier molecular flexibility index (Phi) is 12.0. The first kappa shape index (κ1) is 42.2. The number of rotatable bonds is 4. The van der Waals surface area contributed by atoms with Gasteiger partial charge in [-0.05, 0) is 191 Å². The number of aryl methyl sites for hydroxylation is 4. The van der Waals surface area contributed by atoms with Crippen LogP contribution >= 0.6 is 31.9 Å². The van der Waals surface area contributed by atoms with Crippen LogP contribution < -0.4 is 22.9 Å². The molecule has 6 aromatic carbocycles. The molecule has 0 saturated carbocycles. The van der Waals surface area contributed by atoms with Gasteiger partial charge in [-0.25, -0.2) is 26.3 Å². The summed E-state index contributed by atoms with van der Waals surface area (Å²) >= 11 is 7.07. The fourth-order valence-corrected chi connectivity index (χ4v) is 7.93. The topological polar surface area (TPSA) is 104 Å². The van der Waals surface area contributed by atoms with E-state index < -0.39 is 34.9 Å². The van der Waals surface area contributed by atoms with Crippen LogP contribution in [0.5, 0.6) is 0 Å². The van der Waals surface area contributed by atoms with E-state index in [2.05, 4.69) is 59.6 Å². The zero-order valence-electron chi connectivity index (χ0n) is 32.0. The van der Waals surface area contributed by atoms with Gasteiger partial charge in [0.05, 0.1) is 11.4 Å². The highest BCUT2D eigenvalue weighted by Gasteiger charge is 2.24. The Morgan fingerprint density at radius 2 is 0.589 bits per heavy atom. The highest BCUT2D eigenvalue weighted by atomic mass is 79.9. The first-order chi connectivity index (χ1) is 26.1. The van der Waals surface area contributed by atoms with Gasteiger partial charge in [0.1, 0.15) is 0 Å². The van der Waals surface area contributed by atoms with Crippen molar-refractivity contribution in [2.24, 2.45) is 0 Å². The molecular weight excluding hydrogens is 858 g/mol. The summed E-state index contributed by atoms with van der Waals surface area (Å²) in [5, 5.41) is 0. The molecular formula is C44H40Br2F6N4. The van der Waals surface area contributed by atoms with Gasteiger partial charge in [-0.1, -0.05) is 0 Å². The van der Waals surface area contributed by atoms with Gasteiger partial charge in [-0.15, -0.1) is 0 Å². The smallest absolute Gasteiger partial charge is 0.194 e. The van der Waals surface area contributed by atoms with Crippen LogP contribution in [0, 0.1) is 90.3 Å². The third kappa shape index (κ3) is 7.48. The second kappa shape index (κ2) is 15.9. The number of anilines is 4. The number of nitrogen functional groups attached to an aromatic ring is 4. The minimum absolute atomic E-state index is 0.0278. The quantitative estimate of drug-likeness (QED) is 0.0804. The molecule has 4 nitrogen and oxygen atoms in total. The zero-order chi connectivity index (χ0) is 41.8. The molecule has 8 N–H and O–H groups in total. The Morgan fingerprint density at radius 1 is 0.357 bits per heavy atom. The van der Waals surface area contributed by atoms with E-state index in [9.17, 15) is 26.3 Å². The van der Waals surface area contributed by atoms with Crippen LogP contribution in [0.2, 0.25) is 0 Å². The van der Waals surface area contributed by atoms with Gasteiger partial charge in [0.15, 0.2) is 34.9 Å². The summed E-state index contributed by atoms with van der Waals surface area (Å²) in [7, 11) is 0. The van der Waals surface area contributed by atoms with Crippen LogP contribution in [-0.4, -0.2) is 0 Å². The summed E-state index contributed by atoms with van der Waals surface area (Å²) in [6.45, 7) is 15.4. The van der Waals surface area contributed by atoms with E-state index in [0.29, 0.717) is 33.4 Å². The Bertz CT molecular complexity index is 2330. The maximum absolute atomic E-state index is 14.0. The predicted molar refractivity (Wildman–Crippen MR) is 225 cm³/mol.